The number of amides is 2. The third-order valence-corrected chi connectivity index (χ3v) is 6.19. The van der Waals surface area contributed by atoms with Gasteiger partial charge in [0.15, 0.2) is 0 Å². The Bertz CT molecular complexity index is 1060. The van der Waals surface area contributed by atoms with E-state index < -0.39 is 0 Å². The van der Waals surface area contributed by atoms with Crippen LogP contribution >= 0.6 is 0 Å². The van der Waals surface area contributed by atoms with Gasteiger partial charge >= 0.3 is 0 Å². The number of benzene rings is 2. The maximum Gasteiger partial charge on any atom is 0.274 e. The maximum absolute atomic E-state index is 13.3. The first kappa shape index (κ1) is 21.8. The number of carbonyl (C=O) groups excluding carboxylic acids is 2. The predicted octanol–water partition coefficient (Wildman–Crippen LogP) is 4.35. The summed E-state index contributed by atoms with van der Waals surface area (Å²) in [4.78, 5) is 28.2. The normalized spacial score (nSPS) is 18.4. The van der Waals surface area contributed by atoms with Crippen LogP contribution in [0.3, 0.4) is 0 Å². The van der Waals surface area contributed by atoms with Crippen LogP contribution in [0, 0.1) is 5.92 Å². The number of para-hydroxylation sites is 1. The third-order valence-electron chi connectivity index (χ3n) is 6.19. The van der Waals surface area contributed by atoms with Crippen LogP contribution in [0.5, 0.6) is 0 Å². The largest absolute Gasteiger partial charge is 0.336 e. The summed E-state index contributed by atoms with van der Waals surface area (Å²) in [6.07, 6.45) is 3.51. The molecule has 2 aromatic carbocycles. The van der Waals surface area contributed by atoms with Crippen LogP contribution in [0.25, 0.3) is 0 Å². The molecule has 2 amide bonds. The molecule has 1 aliphatic heterocycles. The van der Waals surface area contributed by atoms with Crippen molar-refractivity contribution in [3.05, 3.63) is 83.7 Å². The first-order chi connectivity index (χ1) is 15.6. The van der Waals surface area contributed by atoms with Crippen LogP contribution < -0.4 is 5.32 Å². The van der Waals surface area contributed by atoms with Gasteiger partial charge in [-0.05, 0) is 49.1 Å². The molecule has 4 rings (SSSR count). The maximum atomic E-state index is 13.3. The van der Waals surface area contributed by atoms with Crippen LogP contribution in [-0.4, -0.2) is 39.6 Å². The Morgan fingerprint density at radius 2 is 1.75 bits per heavy atom. The van der Waals surface area contributed by atoms with Gasteiger partial charge in [-0.15, -0.1) is 0 Å². The van der Waals surface area contributed by atoms with Gasteiger partial charge in [-0.25, -0.2) is 0 Å². The van der Waals surface area contributed by atoms with Gasteiger partial charge in [0.1, 0.15) is 5.69 Å². The monoisotopic (exact) mass is 430 g/mol. The lowest BCUT2D eigenvalue weighted by atomic mass is 9.83. The van der Waals surface area contributed by atoms with Crippen molar-refractivity contribution in [1.29, 1.82) is 0 Å². The van der Waals surface area contributed by atoms with Crippen molar-refractivity contribution in [3.8, 4) is 0 Å². The molecule has 32 heavy (non-hydrogen) atoms. The second kappa shape index (κ2) is 9.81. The smallest absolute Gasteiger partial charge is 0.274 e. The zero-order valence-corrected chi connectivity index (χ0v) is 18.7. The molecule has 1 aliphatic rings. The Kier molecular flexibility index (Phi) is 6.69. The Hall–Kier alpha value is -3.41. The van der Waals surface area contributed by atoms with E-state index in [1.165, 1.54) is 5.56 Å². The van der Waals surface area contributed by atoms with Crippen molar-refractivity contribution >= 4 is 17.5 Å². The molecule has 0 saturated carbocycles. The summed E-state index contributed by atoms with van der Waals surface area (Å²) in [6.45, 7) is 5.80. The SMILES string of the molecule is CCc1ccc(C2CC(C(=O)Nc3ccccc3)CN(C(=O)c3ccn(CC)n3)C2)cc1. The van der Waals surface area contributed by atoms with Gasteiger partial charge in [-0.2, -0.15) is 5.10 Å². The molecule has 2 unspecified atom stereocenters. The van der Waals surface area contributed by atoms with Gasteiger partial charge in [-0.1, -0.05) is 49.4 Å². The highest BCUT2D eigenvalue weighted by Crippen LogP contribution is 2.32. The molecule has 1 aromatic heterocycles. The van der Waals surface area contributed by atoms with E-state index in [0.29, 0.717) is 31.7 Å². The molecule has 1 fully saturated rings. The summed E-state index contributed by atoms with van der Waals surface area (Å²) < 4.78 is 1.75. The number of carbonyl (C=O) groups is 2. The highest BCUT2D eigenvalue weighted by Gasteiger charge is 2.35. The minimum Gasteiger partial charge on any atom is -0.336 e. The molecule has 2 atom stereocenters. The fourth-order valence-corrected chi connectivity index (χ4v) is 4.30. The van der Waals surface area contributed by atoms with E-state index in [4.69, 9.17) is 0 Å². The van der Waals surface area contributed by atoms with E-state index in [-0.39, 0.29) is 23.7 Å². The van der Waals surface area contributed by atoms with Crippen molar-refractivity contribution in [2.45, 2.75) is 39.2 Å². The topological polar surface area (TPSA) is 67.2 Å². The van der Waals surface area contributed by atoms with E-state index in [9.17, 15) is 9.59 Å². The Morgan fingerprint density at radius 3 is 2.41 bits per heavy atom. The van der Waals surface area contributed by atoms with Crippen molar-refractivity contribution < 1.29 is 9.59 Å². The van der Waals surface area contributed by atoms with Crippen molar-refractivity contribution in [2.24, 2.45) is 5.92 Å². The Morgan fingerprint density at radius 1 is 1.00 bits per heavy atom. The van der Waals surface area contributed by atoms with Gasteiger partial charge in [-0.3, -0.25) is 14.3 Å². The summed E-state index contributed by atoms with van der Waals surface area (Å²) in [5.74, 6) is -0.372. The van der Waals surface area contributed by atoms with Crippen LogP contribution in [-0.2, 0) is 17.8 Å². The number of piperidine rings is 1. The molecule has 3 aromatic rings. The number of aromatic nitrogens is 2. The Labute approximate surface area is 189 Å². The number of anilines is 1. The molecular formula is C26H30N4O2. The average Bonchev–Trinajstić information content (AvgIpc) is 3.33. The second-order valence-electron chi connectivity index (χ2n) is 8.35. The molecule has 0 aliphatic carbocycles. The van der Waals surface area contributed by atoms with Crippen LogP contribution in [0.15, 0.2) is 66.9 Å². The number of hydrogen-bond donors (Lipinski definition) is 1. The molecule has 6 nitrogen and oxygen atoms in total. The third kappa shape index (κ3) is 4.90. The van der Waals surface area contributed by atoms with Gasteiger partial charge in [0.2, 0.25) is 5.91 Å². The summed E-state index contributed by atoms with van der Waals surface area (Å²) in [7, 11) is 0. The molecule has 0 spiro atoms. The van der Waals surface area contributed by atoms with E-state index in [1.54, 1.807) is 15.6 Å². The van der Waals surface area contributed by atoms with Crippen LogP contribution in [0.2, 0.25) is 0 Å². The molecule has 1 N–H and O–H groups in total. The molecule has 166 valence electrons. The van der Waals surface area contributed by atoms with Crippen molar-refractivity contribution in [2.75, 3.05) is 18.4 Å². The summed E-state index contributed by atoms with van der Waals surface area (Å²) >= 11 is 0. The minimum atomic E-state index is -0.294. The first-order valence-electron chi connectivity index (χ1n) is 11.3. The standard InChI is InChI=1S/C26H30N4O2/c1-3-19-10-12-20(13-11-19)21-16-22(25(31)27-23-8-6-5-7-9-23)18-29(17-21)26(32)24-14-15-30(4-2)28-24/h5-15,21-22H,3-4,16-18H2,1-2H3,(H,27,31). The number of hydrogen-bond acceptors (Lipinski definition) is 3. The predicted molar refractivity (Wildman–Crippen MR) is 126 cm³/mol. The summed E-state index contributed by atoms with van der Waals surface area (Å²) in [6, 6.07) is 19.8. The first-order valence-corrected chi connectivity index (χ1v) is 11.3. The minimum absolute atomic E-state index is 0.0528. The van der Waals surface area contributed by atoms with Crippen LogP contribution in [0.4, 0.5) is 5.69 Å². The molecule has 0 radical (unpaired) electrons. The number of aryl methyl sites for hydroxylation is 2. The van der Waals surface area contributed by atoms with E-state index in [0.717, 1.165) is 17.7 Å². The highest BCUT2D eigenvalue weighted by atomic mass is 16.2. The molecular weight excluding hydrogens is 400 g/mol. The zero-order chi connectivity index (χ0) is 22.5. The molecule has 0 bridgehead atoms. The lowest BCUT2D eigenvalue weighted by molar-refractivity contribution is -0.121. The van der Waals surface area contributed by atoms with E-state index in [2.05, 4.69) is 41.6 Å². The molecule has 2 heterocycles. The Balaban J connectivity index is 1.57. The molecule has 1 saturated heterocycles. The van der Waals surface area contributed by atoms with Crippen molar-refractivity contribution in [1.82, 2.24) is 14.7 Å². The second-order valence-corrected chi connectivity index (χ2v) is 8.35. The average molecular weight is 431 g/mol. The number of nitrogens with one attached hydrogen (secondary N) is 1. The van der Waals surface area contributed by atoms with Gasteiger partial charge in [0.25, 0.3) is 5.91 Å². The summed E-state index contributed by atoms with van der Waals surface area (Å²) in [5, 5.41) is 7.40. The number of likely N-dealkylation sites (tertiary alicyclic amines) is 1. The molecule has 6 heteroatoms. The highest BCUT2D eigenvalue weighted by molar-refractivity contribution is 5.95. The van der Waals surface area contributed by atoms with E-state index in [1.807, 2.05) is 43.5 Å². The van der Waals surface area contributed by atoms with Crippen LogP contribution in [0.1, 0.15) is 47.8 Å². The number of rotatable bonds is 6. The lowest BCUT2D eigenvalue weighted by Gasteiger charge is -2.37. The van der Waals surface area contributed by atoms with Gasteiger partial charge in [0, 0.05) is 37.4 Å². The lowest BCUT2D eigenvalue weighted by Crippen LogP contribution is -2.46. The quantitative estimate of drug-likeness (QED) is 0.632. The summed E-state index contributed by atoms with van der Waals surface area (Å²) in [5.41, 5.74) is 3.64. The number of nitrogens with zero attached hydrogens (tertiary/aromatic N) is 3. The fourth-order valence-electron chi connectivity index (χ4n) is 4.30. The van der Waals surface area contributed by atoms with Gasteiger partial charge < -0.3 is 10.2 Å². The fraction of sp³-hybridized carbons (Fsp3) is 0.346. The van der Waals surface area contributed by atoms with Gasteiger partial charge in [0.05, 0.1) is 5.92 Å². The van der Waals surface area contributed by atoms with Crippen molar-refractivity contribution in [3.63, 3.8) is 0 Å². The zero-order valence-electron chi connectivity index (χ0n) is 18.7. The van der Waals surface area contributed by atoms with E-state index >= 15 is 0 Å².